The van der Waals surface area contributed by atoms with Crippen molar-refractivity contribution in [3.8, 4) is 6.07 Å². The van der Waals surface area contributed by atoms with Gasteiger partial charge in [-0.25, -0.2) is 0 Å². The Morgan fingerprint density at radius 2 is 2.00 bits per heavy atom. The van der Waals surface area contributed by atoms with Crippen LogP contribution in [-0.2, 0) is 0 Å². The van der Waals surface area contributed by atoms with E-state index < -0.39 is 5.60 Å². The lowest BCUT2D eigenvalue weighted by Crippen LogP contribution is -2.36. The van der Waals surface area contributed by atoms with Crippen LogP contribution in [0.5, 0.6) is 0 Å². The van der Waals surface area contributed by atoms with Crippen LogP contribution in [0.4, 0.5) is 0 Å². The quantitative estimate of drug-likeness (QED) is 0.742. The average molecular weight is 196 g/mol. The number of nitriles is 1. The fraction of sp³-hybridized carbons (Fsp3) is 0.909. The molecule has 0 aliphatic carbocycles. The monoisotopic (exact) mass is 196 g/mol. The van der Waals surface area contributed by atoms with E-state index in [0.717, 1.165) is 38.9 Å². The maximum Gasteiger partial charge on any atom is 0.0656 e. The number of likely N-dealkylation sites (tertiary alicyclic amines) is 1. The van der Waals surface area contributed by atoms with E-state index in [-0.39, 0.29) is 5.92 Å². The number of piperidine rings is 1. The van der Waals surface area contributed by atoms with Gasteiger partial charge in [0.25, 0.3) is 0 Å². The third-order valence-corrected chi connectivity index (χ3v) is 2.81. The van der Waals surface area contributed by atoms with Crippen LogP contribution in [0.25, 0.3) is 0 Å². The van der Waals surface area contributed by atoms with Crippen LogP contribution in [-0.4, -0.2) is 35.2 Å². The third-order valence-electron chi connectivity index (χ3n) is 2.81. The fourth-order valence-electron chi connectivity index (χ4n) is 1.72. The maximum atomic E-state index is 9.57. The summed E-state index contributed by atoms with van der Waals surface area (Å²) in [5.41, 5.74) is -0.563. The summed E-state index contributed by atoms with van der Waals surface area (Å²) in [4.78, 5) is 2.34. The molecule has 3 heteroatoms. The minimum Gasteiger partial charge on any atom is -0.390 e. The van der Waals surface area contributed by atoms with Crippen molar-refractivity contribution >= 4 is 0 Å². The van der Waals surface area contributed by atoms with Gasteiger partial charge in [0.1, 0.15) is 0 Å². The molecule has 0 aromatic rings. The highest BCUT2D eigenvalue weighted by Gasteiger charge is 2.20. The van der Waals surface area contributed by atoms with Crippen molar-refractivity contribution in [3.63, 3.8) is 0 Å². The molecule has 1 N–H and O–H groups in total. The van der Waals surface area contributed by atoms with E-state index in [1.165, 1.54) is 0 Å². The van der Waals surface area contributed by atoms with Crippen molar-refractivity contribution in [1.82, 2.24) is 4.90 Å². The van der Waals surface area contributed by atoms with E-state index >= 15 is 0 Å². The molecule has 0 unspecified atom stereocenters. The molecule has 0 aromatic carbocycles. The van der Waals surface area contributed by atoms with Crippen molar-refractivity contribution in [2.75, 3.05) is 19.6 Å². The van der Waals surface area contributed by atoms with E-state index in [1.807, 2.05) is 13.8 Å². The van der Waals surface area contributed by atoms with Crippen LogP contribution in [0.1, 0.15) is 33.1 Å². The molecule has 80 valence electrons. The molecule has 1 aliphatic heterocycles. The van der Waals surface area contributed by atoms with Gasteiger partial charge >= 0.3 is 0 Å². The highest BCUT2D eigenvalue weighted by molar-refractivity contribution is 4.87. The Labute approximate surface area is 86.3 Å². The molecule has 0 spiro atoms. The normalized spacial score (nSPS) is 20.7. The standard InChI is InChI=1S/C11H20N2O/c1-11(2,14)5-8-13-6-3-10(9-12)4-7-13/h10,14H,3-8H2,1-2H3. The number of rotatable bonds is 3. The smallest absolute Gasteiger partial charge is 0.0656 e. The molecule has 0 saturated carbocycles. The molecular formula is C11H20N2O. The van der Waals surface area contributed by atoms with Gasteiger partial charge in [0, 0.05) is 12.5 Å². The molecule has 0 bridgehead atoms. The predicted octanol–water partition coefficient (Wildman–Crippen LogP) is 1.38. The van der Waals surface area contributed by atoms with E-state index in [2.05, 4.69) is 11.0 Å². The van der Waals surface area contributed by atoms with Gasteiger partial charge in [-0.1, -0.05) is 0 Å². The Morgan fingerprint density at radius 3 is 2.43 bits per heavy atom. The lowest BCUT2D eigenvalue weighted by molar-refractivity contribution is 0.0535. The van der Waals surface area contributed by atoms with Crippen LogP contribution >= 0.6 is 0 Å². The first-order chi connectivity index (χ1) is 6.51. The topological polar surface area (TPSA) is 47.3 Å². The second-order valence-electron chi connectivity index (χ2n) is 4.81. The zero-order valence-electron chi connectivity index (χ0n) is 9.16. The van der Waals surface area contributed by atoms with Crippen LogP contribution in [0.15, 0.2) is 0 Å². The zero-order chi connectivity index (χ0) is 10.6. The number of hydrogen-bond donors (Lipinski definition) is 1. The average Bonchev–Trinajstić information content (AvgIpc) is 2.14. The van der Waals surface area contributed by atoms with Gasteiger partial charge < -0.3 is 10.0 Å². The highest BCUT2D eigenvalue weighted by atomic mass is 16.3. The predicted molar refractivity (Wildman–Crippen MR) is 55.7 cm³/mol. The second-order valence-corrected chi connectivity index (χ2v) is 4.81. The van der Waals surface area contributed by atoms with Crippen molar-refractivity contribution in [3.05, 3.63) is 0 Å². The van der Waals surface area contributed by atoms with Crippen LogP contribution in [0.2, 0.25) is 0 Å². The summed E-state index contributed by atoms with van der Waals surface area (Å²) in [7, 11) is 0. The van der Waals surface area contributed by atoms with Crippen molar-refractivity contribution in [2.24, 2.45) is 5.92 Å². The minimum absolute atomic E-state index is 0.258. The molecule has 1 aliphatic rings. The van der Waals surface area contributed by atoms with E-state index in [0.29, 0.717) is 0 Å². The summed E-state index contributed by atoms with van der Waals surface area (Å²) in [6.07, 6.45) is 2.79. The Morgan fingerprint density at radius 1 is 1.43 bits per heavy atom. The Hall–Kier alpha value is -0.590. The van der Waals surface area contributed by atoms with Crippen molar-refractivity contribution in [2.45, 2.75) is 38.7 Å². The number of hydrogen-bond acceptors (Lipinski definition) is 3. The number of aliphatic hydroxyl groups is 1. The van der Waals surface area contributed by atoms with Gasteiger partial charge in [-0.3, -0.25) is 0 Å². The lowest BCUT2D eigenvalue weighted by Gasteiger charge is -2.30. The molecule has 3 nitrogen and oxygen atoms in total. The molecule has 1 saturated heterocycles. The van der Waals surface area contributed by atoms with Crippen molar-refractivity contribution < 1.29 is 5.11 Å². The van der Waals surface area contributed by atoms with Crippen LogP contribution in [0, 0.1) is 17.2 Å². The molecule has 0 atom stereocenters. The fourth-order valence-corrected chi connectivity index (χ4v) is 1.72. The Kier molecular flexibility index (Phi) is 3.91. The Balaban J connectivity index is 2.20. The molecule has 14 heavy (non-hydrogen) atoms. The summed E-state index contributed by atoms with van der Waals surface area (Å²) < 4.78 is 0. The van der Waals surface area contributed by atoms with E-state index in [4.69, 9.17) is 5.26 Å². The second kappa shape index (κ2) is 4.77. The molecule has 0 aromatic heterocycles. The van der Waals surface area contributed by atoms with Gasteiger partial charge in [0.2, 0.25) is 0 Å². The molecule has 1 fully saturated rings. The highest BCUT2D eigenvalue weighted by Crippen LogP contribution is 2.17. The third kappa shape index (κ3) is 4.08. The summed E-state index contributed by atoms with van der Waals surface area (Å²) in [6.45, 7) is 6.65. The first-order valence-electron chi connectivity index (χ1n) is 5.35. The lowest BCUT2D eigenvalue weighted by atomic mass is 9.97. The van der Waals surface area contributed by atoms with E-state index in [9.17, 15) is 5.11 Å². The SMILES string of the molecule is CC(C)(O)CCN1CCC(C#N)CC1. The molecule has 0 radical (unpaired) electrons. The van der Waals surface area contributed by atoms with Crippen LogP contribution < -0.4 is 0 Å². The van der Waals surface area contributed by atoms with Crippen LogP contribution in [0.3, 0.4) is 0 Å². The van der Waals surface area contributed by atoms with Gasteiger partial charge in [0.15, 0.2) is 0 Å². The zero-order valence-corrected chi connectivity index (χ0v) is 9.16. The van der Waals surface area contributed by atoms with Gasteiger partial charge in [-0.2, -0.15) is 5.26 Å². The molecule has 1 rings (SSSR count). The van der Waals surface area contributed by atoms with Gasteiger partial charge in [-0.15, -0.1) is 0 Å². The molecular weight excluding hydrogens is 176 g/mol. The Bertz CT molecular complexity index is 206. The van der Waals surface area contributed by atoms with E-state index in [1.54, 1.807) is 0 Å². The maximum absolute atomic E-state index is 9.57. The first-order valence-corrected chi connectivity index (χ1v) is 5.35. The van der Waals surface area contributed by atoms with Crippen molar-refractivity contribution in [1.29, 1.82) is 5.26 Å². The van der Waals surface area contributed by atoms with Gasteiger partial charge in [0.05, 0.1) is 11.7 Å². The largest absolute Gasteiger partial charge is 0.390 e. The first kappa shape index (κ1) is 11.5. The summed E-state index contributed by atoms with van der Waals surface area (Å²) in [6, 6.07) is 2.32. The van der Waals surface area contributed by atoms with Gasteiger partial charge in [-0.05, 0) is 46.2 Å². The molecule has 0 amide bonds. The number of nitrogens with zero attached hydrogens (tertiary/aromatic N) is 2. The minimum atomic E-state index is -0.563. The summed E-state index contributed by atoms with van der Waals surface area (Å²) in [5, 5.41) is 18.3. The summed E-state index contributed by atoms with van der Waals surface area (Å²) in [5.74, 6) is 0.258. The molecule has 1 heterocycles. The summed E-state index contributed by atoms with van der Waals surface area (Å²) >= 11 is 0.